The zero-order valence-electron chi connectivity index (χ0n) is 7.14. The molecule has 0 aliphatic rings. The molecule has 3 nitrogen and oxygen atoms in total. The van der Waals surface area contributed by atoms with Gasteiger partial charge in [-0.1, -0.05) is 12.1 Å². The van der Waals surface area contributed by atoms with Crippen molar-refractivity contribution in [3.63, 3.8) is 0 Å². The lowest BCUT2D eigenvalue weighted by Gasteiger charge is -2.08. The van der Waals surface area contributed by atoms with Crippen molar-refractivity contribution in [1.82, 2.24) is 0 Å². The highest BCUT2D eigenvalue weighted by atomic mass is 16.3. The van der Waals surface area contributed by atoms with Gasteiger partial charge in [0, 0.05) is 13.0 Å². The number of nitriles is 1. The lowest BCUT2D eigenvalue weighted by atomic mass is 10.1. The number of nitrogens with zero attached hydrogens (tertiary/aromatic N) is 1. The van der Waals surface area contributed by atoms with E-state index in [0.717, 1.165) is 5.56 Å². The molecule has 0 spiro atoms. The Morgan fingerprint density at radius 2 is 1.92 bits per heavy atom. The van der Waals surface area contributed by atoms with Crippen molar-refractivity contribution in [1.29, 1.82) is 5.26 Å². The molecule has 0 aliphatic carbocycles. The lowest BCUT2D eigenvalue weighted by molar-refractivity contribution is 0.134. The first-order chi connectivity index (χ1) is 6.27. The first-order valence-corrected chi connectivity index (χ1v) is 4.07. The largest absolute Gasteiger partial charge is 0.396 e. The minimum atomic E-state index is -0.641. The van der Waals surface area contributed by atoms with Gasteiger partial charge >= 0.3 is 0 Å². The van der Waals surface area contributed by atoms with Gasteiger partial charge < -0.3 is 10.2 Å². The summed E-state index contributed by atoms with van der Waals surface area (Å²) in [5.41, 5.74) is 1.30. The normalized spacial score (nSPS) is 12.1. The van der Waals surface area contributed by atoms with Crippen molar-refractivity contribution in [2.24, 2.45) is 0 Å². The van der Waals surface area contributed by atoms with E-state index < -0.39 is 6.10 Å². The molecule has 1 aromatic rings. The van der Waals surface area contributed by atoms with Gasteiger partial charge in [0.2, 0.25) is 0 Å². The molecule has 0 amide bonds. The second-order valence-corrected chi connectivity index (χ2v) is 2.76. The smallest absolute Gasteiger partial charge is 0.0991 e. The van der Waals surface area contributed by atoms with E-state index >= 15 is 0 Å². The average Bonchev–Trinajstić information content (AvgIpc) is 2.18. The van der Waals surface area contributed by atoms with Crippen LogP contribution in [0.2, 0.25) is 0 Å². The Hall–Kier alpha value is -1.37. The van der Waals surface area contributed by atoms with Crippen molar-refractivity contribution in [2.75, 3.05) is 6.61 Å². The molecule has 2 N–H and O–H groups in total. The molecule has 3 heteroatoms. The molecule has 0 radical (unpaired) electrons. The summed E-state index contributed by atoms with van der Waals surface area (Å²) >= 11 is 0. The van der Waals surface area contributed by atoms with Gasteiger partial charge in [0.1, 0.15) is 0 Å². The topological polar surface area (TPSA) is 64.2 Å². The van der Waals surface area contributed by atoms with Crippen LogP contribution in [0.3, 0.4) is 0 Å². The minimum absolute atomic E-state index is 0.0405. The lowest BCUT2D eigenvalue weighted by Crippen LogP contribution is -1.99. The second kappa shape index (κ2) is 4.61. The van der Waals surface area contributed by atoms with Gasteiger partial charge in [-0.15, -0.1) is 0 Å². The third-order valence-corrected chi connectivity index (χ3v) is 1.83. The third-order valence-electron chi connectivity index (χ3n) is 1.83. The van der Waals surface area contributed by atoms with E-state index in [-0.39, 0.29) is 6.61 Å². The predicted octanol–water partition coefficient (Wildman–Crippen LogP) is 0.974. The quantitative estimate of drug-likeness (QED) is 0.723. The van der Waals surface area contributed by atoms with Crippen LogP contribution in [0.5, 0.6) is 0 Å². The number of hydrogen-bond acceptors (Lipinski definition) is 3. The van der Waals surface area contributed by atoms with Gasteiger partial charge in [-0.05, 0) is 17.7 Å². The van der Waals surface area contributed by atoms with Crippen LogP contribution in [0.25, 0.3) is 0 Å². The molecule has 0 aromatic heterocycles. The van der Waals surface area contributed by atoms with Crippen molar-refractivity contribution in [3.8, 4) is 6.07 Å². The minimum Gasteiger partial charge on any atom is -0.396 e. The summed E-state index contributed by atoms with van der Waals surface area (Å²) < 4.78 is 0. The molecular weight excluding hydrogens is 166 g/mol. The fraction of sp³-hybridized carbons (Fsp3) is 0.300. The van der Waals surface area contributed by atoms with E-state index in [2.05, 4.69) is 0 Å². The van der Waals surface area contributed by atoms with Gasteiger partial charge in [-0.2, -0.15) is 5.26 Å². The maximum absolute atomic E-state index is 9.44. The Labute approximate surface area is 76.9 Å². The summed E-state index contributed by atoms with van der Waals surface area (Å²) in [6, 6.07) is 8.68. The summed E-state index contributed by atoms with van der Waals surface area (Å²) in [5.74, 6) is 0. The van der Waals surface area contributed by atoms with Crippen molar-refractivity contribution in [2.45, 2.75) is 12.5 Å². The fourth-order valence-electron chi connectivity index (χ4n) is 1.07. The third kappa shape index (κ3) is 2.55. The highest BCUT2D eigenvalue weighted by Crippen LogP contribution is 2.16. The van der Waals surface area contributed by atoms with E-state index in [0.29, 0.717) is 12.0 Å². The highest BCUT2D eigenvalue weighted by Gasteiger charge is 2.05. The van der Waals surface area contributed by atoms with Crippen LogP contribution in [-0.4, -0.2) is 16.8 Å². The average molecular weight is 177 g/mol. The second-order valence-electron chi connectivity index (χ2n) is 2.76. The molecule has 0 bridgehead atoms. The first kappa shape index (κ1) is 9.72. The van der Waals surface area contributed by atoms with Crippen LogP contribution in [0.1, 0.15) is 23.7 Å². The molecule has 0 aliphatic heterocycles. The van der Waals surface area contributed by atoms with Gasteiger partial charge in [-0.25, -0.2) is 0 Å². The molecule has 1 atom stereocenters. The molecule has 0 saturated heterocycles. The highest BCUT2D eigenvalue weighted by molar-refractivity contribution is 5.32. The molecule has 1 aromatic carbocycles. The van der Waals surface area contributed by atoms with E-state index in [1.807, 2.05) is 6.07 Å². The zero-order chi connectivity index (χ0) is 9.68. The number of hydrogen-bond donors (Lipinski definition) is 2. The van der Waals surface area contributed by atoms with Gasteiger partial charge in [-0.3, -0.25) is 0 Å². The maximum atomic E-state index is 9.44. The standard InChI is InChI=1S/C10H11NO2/c11-7-8-1-3-9(4-2-8)10(13)5-6-12/h1-4,10,12-13H,5-6H2/t10-/m1/s1. The molecule has 0 fully saturated rings. The van der Waals surface area contributed by atoms with Crippen LogP contribution >= 0.6 is 0 Å². The Morgan fingerprint density at radius 1 is 1.31 bits per heavy atom. The van der Waals surface area contributed by atoms with Crippen LogP contribution in [0.15, 0.2) is 24.3 Å². The van der Waals surface area contributed by atoms with E-state index in [9.17, 15) is 5.11 Å². The van der Waals surface area contributed by atoms with Crippen LogP contribution in [-0.2, 0) is 0 Å². The van der Waals surface area contributed by atoms with Crippen molar-refractivity contribution in [3.05, 3.63) is 35.4 Å². The molecule has 13 heavy (non-hydrogen) atoms. The Morgan fingerprint density at radius 3 is 2.38 bits per heavy atom. The number of aliphatic hydroxyl groups is 2. The summed E-state index contributed by atoms with van der Waals surface area (Å²) in [5, 5.41) is 26.5. The Kier molecular flexibility index (Phi) is 3.44. The number of rotatable bonds is 3. The summed E-state index contributed by atoms with van der Waals surface area (Å²) in [6.45, 7) is -0.0405. The molecule has 1 rings (SSSR count). The zero-order valence-corrected chi connectivity index (χ0v) is 7.14. The monoisotopic (exact) mass is 177 g/mol. The van der Waals surface area contributed by atoms with Crippen molar-refractivity contribution >= 4 is 0 Å². The van der Waals surface area contributed by atoms with Gasteiger partial charge in [0.25, 0.3) is 0 Å². The van der Waals surface area contributed by atoms with E-state index in [1.165, 1.54) is 0 Å². The summed E-state index contributed by atoms with van der Waals surface area (Å²) in [6.07, 6.45) is -0.316. The first-order valence-electron chi connectivity index (χ1n) is 4.07. The molecule has 0 heterocycles. The molecule has 0 saturated carbocycles. The Balaban J connectivity index is 2.75. The molecular formula is C10H11NO2. The summed E-state index contributed by atoms with van der Waals surface area (Å²) in [7, 11) is 0. The maximum Gasteiger partial charge on any atom is 0.0991 e. The molecule has 68 valence electrons. The Bertz CT molecular complexity index is 300. The summed E-state index contributed by atoms with van der Waals surface area (Å²) in [4.78, 5) is 0. The molecule has 0 unspecified atom stereocenters. The van der Waals surface area contributed by atoms with Gasteiger partial charge in [0.05, 0.1) is 17.7 Å². The number of benzene rings is 1. The van der Waals surface area contributed by atoms with Crippen LogP contribution in [0.4, 0.5) is 0 Å². The SMILES string of the molecule is N#Cc1ccc([C@H](O)CCO)cc1. The number of aliphatic hydroxyl groups excluding tert-OH is 2. The predicted molar refractivity (Wildman–Crippen MR) is 47.8 cm³/mol. The fourth-order valence-corrected chi connectivity index (χ4v) is 1.07. The van der Waals surface area contributed by atoms with Crippen LogP contribution < -0.4 is 0 Å². The van der Waals surface area contributed by atoms with E-state index in [1.54, 1.807) is 24.3 Å². The van der Waals surface area contributed by atoms with Crippen molar-refractivity contribution < 1.29 is 10.2 Å². The van der Waals surface area contributed by atoms with E-state index in [4.69, 9.17) is 10.4 Å². The van der Waals surface area contributed by atoms with Crippen LogP contribution in [0, 0.1) is 11.3 Å². The van der Waals surface area contributed by atoms with Gasteiger partial charge in [0.15, 0.2) is 0 Å².